The first-order valence-electron chi connectivity index (χ1n) is 10.3. The van der Waals surface area contributed by atoms with Crippen LogP contribution in [0.15, 0.2) is 24.3 Å². The molecule has 1 fully saturated rings. The van der Waals surface area contributed by atoms with Gasteiger partial charge in [-0.15, -0.1) is 0 Å². The predicted molar refractivity (Wildman–Crippen MR) is 116 cm³/mol. The second kappa shape index (κ2) is 13.4. The number of carbonyl (C=O) groups excluding carboxylic acids is 2. The van der Waals surface area contributed by atoms with Crippen molar-refractivity contribution in [1.82, 2.24) is 10.6 Å². The van der Waals surface area contributed by atoms with Crippen molar-refractivity contribution in [2.24, 2.45) is 0 Å². The molecule has 0 radical (unpaired) electrons. The van der Waals surface area contributed by atoms with Gasteiger partial charge in [0.05, 0.1) is 5.41 Å². The third kappa shape index (κ3) is 5.88. The van der Waals surface area contributed by atoms with Crippen LogP contribution in [0.2, 0.25) is 0 Å². The fourth-order valence-corrected chi connectivity index (χ4v) is 3.43. The normalized spacial score (nSPS) is 20.9. The summed E-state index contributed by atoms with van der Waals surface area (Å²) in [6, 6.07) is 8.15. The molecule has 5 heteroatoms. The van der Waals surface area contributed by atoms with E-state index < -0.39 is 5.41 Å². The van der Waals surface area contributed by atoms with Crippen LogP contribution in [0.4, 0.5) is 5.69 Å². The average molecular weight is 378 g/mol. The van der Waals surface area contributed by atoms with Crippen molar-refractivity contribution in [3.63, 3.8) is 0 Å². The van der Waals surface area contributed by atoms with Gasteiger partial charge >= 0.3 is 0 Å². The van der Waals surface area contributed by atoms with Crippen LogP contribution in [0, 0.1) is 0 Å². The van der Waals surface area contributed by atoms with E-state index in [0.29, 0.717) is 0 Å². The van der Waals surface area contributed by atoms with E-state index in [1.54, 1.807) is 0 Å². The van der Waals surface area contributed by atoms with Crippen LogP contribution >= 0.6 is 0 Å². The van der Waals surface area contributed by atoms with Gasteiger partial charge in [-0.25, -0.2) is 0 Å². The fourth-order valence-electron chi connectivity index (χ4n) is 3.43. The number of aldehydes is 1. The second-order valence-corrected chi connectivity index (χ2v) is 6.38. The monoisotopic (exact) mass is 377 g/mol. The van der Waals surface area contributed by atoms with E-state index in [9.17, 15) is 9.59 Å². The van der Waals surface area contributed by atoms with Crippen molar-refractivity contribution >= 4 is 17.9 Å². The third-order valence-corrected chi connectivity index (χ3v) is 4.61. The maximum Gasteiger partial charge on any atom is 0.238 e. The van der Waals surface area contributed by atoms with Gasteiger partial charge in [0.1, 0.15) is 6.29 Å². The molecule has 1 aromatic rings. The number of anilines is 1. The SMILES string of the molecule is CC.CC.CC1(CC=O)C(=O)N(C2CCNCC2)c2ccccc21.CNC. The number of fused-ring (bicyclic) bond motifs is 1. The zero-order chi connectivity index (χ0) is 20.9. The summed E-state index contributed by atoms with van der Waals surface area (Å²) in [5.41, 5.74) is 1.30. The average Bonchev–Trinajstić information content (AvgIpc) is 2.94. The smallest absolute Gasteiger partial charge is 0.238 e. The highest BCUT2D eigenvalue weighted by Gasteiger charge is 2.48. The van der Waals surface area contributed by atoms with Gasteiger partial charge in [-0.1, -0.05) is 45.9 Å². The molecule has 2 heterocycles. The summed E-state index contributed by atoms with van der Waals surface area (Å²) in [7, 11) is 3.75. The Morgan fingerprint density at radius 1 is 1.15 bits per heavy atom. The van der Waals surface area contributed by atoms with Gasteiger partial charge in [-0.05, 0) is 58.6 Å². The first-order chi connectivity index (χ1) is 13.1. The molecule has 2 aliphatic rings. The number of hydrogen-bond acceptors (Lipinski definition) is 4. The van der Waals surface area contributed by atoms with E-state index in [1.807, 2.05) is 77.9 Å². The highest BCUT2D eigenvalue weighted by molar-refractivity contribution is 6.09. The molecule has 154 valence electrons. The lowest BCUT2D eigenvalue weighted by Gasteiger charge is -2.33. The van der Waals surface area contributed by atoms with E-state index in [2.05, 4.69) is 10.6 Å². The largest absolute Gasteiger partial charge is 0.323 e. The molecule has 27 heavy (non-hydrogen) atoms. The molecular formula is C22H39N3O2. The molecule has 1 atom stereocenters. The Morgan fingerprint density at radius 3 is 2.19 bits per heavy atom. The lowest BCUT2D eigenvalue weighted by molar-refractivity contribution is -0.125. The van der Waals surface area contributed by atoms with Gasteiger partial charge in [0.2, 0.25) is 5.91 Å². The van der Waals surface area contributed by atoms with E-state index in [-0.39, 0.29) is 18.4 Å². The van der Waals surface area contributed by atoms with Gasteiger partial charge in [0, 0.05) is 18.2 Å². The minimum absolute atomic E-state index is 0.0812. The first kappa shape index (κ1) is 25.3. The molecule has 0 spiro atoms. The van der Waals surface area contributed by atoms with Gasteiger partial charge in [0.25, 0.3) is 0 Å². The summed E-state index contributed by atoms with van der Waals surface area (Å²) in [5, 5.41) is 6.08. The second-order valence-electron chi connectivity index (χ2n) is 6.38. The predicted octanol–water partition coefficient (Wildman–Crippen LogP) is 3.52. The van der Waals surface area contributed by atoms with E-state index >= 15 is 0 Å². The number of piperidine rings is 1. The molecule has 2 aliphatic heterocycles. The number of hydrogen-bond donors (Lipinski definition) is 2. The van der Waals surface area contributed by atoms with Gasteiger partial charge in [-0.3, -0.25) is 4.79 Å². The molecule has 0 aliphatic carbocycles. The molecule has 3 rings (SSSR count). The summed E-state index contributed by atoms with van der Waals surface area (Å²) in [4.78, 5) is 25.9. The molecule has 0 bridgehead atoms. The van der Waals surface area contributed by atoms with Crippen LogP contribution in [0.25, 0.3) is 0 Å². The third-order valence-electron chi connectivity index (χ3n) is 4.61. The van der Waals surface area contributed by atoms with Crippen LogP contribution in [-0.2, 0) is 15.0 Å². The van der Waals surface area contributed by atoms with Crippen molar-refractivity contribution in [1.29, 1.82) is 0 Å². The molecule has 1 unspecified atom stereocenters. The number of carbonyl (C=O) groups is 2. The lowest BCUT2D eigenvalue weighted by Crippen LogP contribution is -2.48. The van der Waals surface area contributed by atoms with E-state index in [4.69, 9.17) is 0 Å². The Kier molecular flexibility index (Phi) is 12.6. The number of nitrogens with one attached hydrogen (secondary N) is 2. The van der Waals surface area contributed by atoms with Gasteiger partial charge in [-0.2, -0.15) is 0 Å². The van der Waals surface area contributed by atoms with E-state index in [1.165, 1.54) is 0 Å². The van der Waals surface area contributed by atoms with Crippen molar-refractivity contribution < 1.29 is 9.59 Å². The standard InChI is InChI=1S/C16H20N2O2.C2H7N.2C2H6/c1-16(8-11-19)13-4-2-3-5-14(13)18(15(16)20)12-6-9-17-10-7-12;1-3-2;2*1-2/h2-5,11-12,17H,6-10H2,1H3;3H,1-2H3;2*1-2H3. The minimum Gasteiger partial charge on any atom is -0.323 e. The van der Waals surface area contributed by atoms with Crippen molar-refractivity contribution in [3.05, 3.63) is 29.8 Å². The van der Waals surface area contributed by atoms with Crippen LogP contribution in [-0.4, -0.2) is 45.4 Å². The molecular weight excluding hydrogens is 338 g/mol. The van der Waals surface area contributed by atoms with Crippen LogP contribution in [0.1, 0.15) is 59.4 Å². The molecule has 0 saturated carbocycles. The lowest BCUT2D eigenvalue weighted by atomic mass is 9.81. The van der Waals surface area contributed by atoms with Crippen molar-refractivity contribution in [2.75, 3.05) is 32.1 Å². The Morgan fingerprint density at radius 2 is 1.67 bits per heavy atom. The van der Waals surface area contributed by atoms with Crippen molar-refractivity contribution in [2.45, 2.75) is 65.3 Å². The fraction of sp³-hybridized carbons (Fsp3) is 0.636. The molecule has 1 saturated heterocycles. The molecule has 1 aromatic carbocycles. The first-order valence-corrected chi connectivity index (χ1v) is 10.3. The summed E-state index contributed by atoms with van der Waals surface area (Å²) in [5.74, 6) is 0.0812. The number of para-hydroxylation sites is 1. The Bertz CT molecular complexity index is 556. The van der Waals surface area contributed by atoms with Gasteiger partial charge < -0.3 is 20.3 Å². The van der Waals surface area contributed by atoms with Crippen molar-refractivity contribution in [3.8, 4) is 0 Å². The maximum absolute atomic E-state index is 12.9. The molecule has 2 N–H and O–H groups in total. The summed E-state index contributed by atoms with van der Waals surface area (Å²) >= 11 is 0. The zero-order valence-electron chi connectivity index (χ0n) is 18.3. The summed E-state index contributed by atoms with van der Waals surface area (Å²) in [6.45, 7) is 11.8. The van der Waals surface area contributed by atoms with E-state index in [0.717, 1.165) is 43.5 Å². The Hall–Kier alpha value is -1.72. The zero-order valence-corrected chi connectivity index (χ0v) is 18.3. The summed E-state index contributed by atoms with van der Waals surface area (Å²) in [6.07, 6.45) is 3.05. The number of rotatable bonds is 3. The molecule has 0 aromatic heterocycles. The number of benzene rings is 1. The number of amides is 1. The van der Waals surface area contributed by atoms with Crippen LogP contribution < -0.4 is 15.5 Å². The topological polar surface area (TPSA) is 61.4 Å². The number of nitrogens with zero attached hydrogens (tertiary/aromatic N) is 1. The van der Waals surface area contributed by atoms with Crippen LogP contribution in [0.3, 0.4) is 0 Å². The summed E-state index contributed by atoms with van der Waals surface area (Å²) < 4.78 is 0. The van der Waals surface area contributed by atoms with Gasteiger partial charge in [0.15, 0.2) is 0 Å². The Balaban J connectivity index is 0.000000860. The Labute approximate surface area is 165 Å². The molecule has 5 nitrogen and oxygen atoms in total. The highest BCUT2D eigenvalue weighted by Crippen LogP contribution is 2.45. The quantitative estimate of drug-likeness (QED) is 0.791. The minimum atomic E-state index is -0.691. The highest BCUT2D eigenvalue weighted by atomic mass is 16.2. The maximum atomic E-state index is 12.9. The van der Waals surface area contributed by atoms with Crippen LogP contribution in [0.5, 0.6) is 0 Å². The molecule has 1 amide bonds.